The van der Waals surface area contributed by atoms with Gasteiger partial charge in [0.15, 0.2) is 0 Å². The normalized spacial score (nSPS) is 11.2. The summed E-state index contributed by atoms with van der Waals surface area (Å²) in [4.78, 5) is 8.75. The Bertz CT molecular complexity index is 1250. The van der Waals surface area contributed by atoms with Gasteiger partial charge < -0.3 is 0 Å². The van der Waals surface area contributed by atoms with Crippen LogP contribution in [-0.2, 0) is 12.8 Å². The summed E-state index contributed by atoms with van der Waals surface area (Å²) in [7, 11) is 0. The Labute approximate surface area is 243 Å². The van der Waals surface area contributed by atoms with Gasteiger partial charge in [0, 0.05) is 24.8 Å². The summed E-state index contributed by atoms with van der Waals surface area (Å²) in [6, 6.07) is 22.3. The Hall–Kier alpha value is -3.26. The van der Waals surface area contributed by atoms with Crippen molar-refractivity contribution in [1.29, 1.82) is 0 Å². The van der Waals surface area contributed by atoms with Crippen LogP contribution in [0.1, 0.15) is 102 Å². The Balaban J connectivity index is 1.83. The number of rotatable bonds is 17. The van der Waals surface area contributed by atoms with Crippen LogP contribution >= 0.6 is 0 Å². The van der Waals surface area contributed by atoms with Crippen molar-refractivity contribution in [2.24, 2.45) is 0 Å². The predicted octanol–water partition coefficient (Wildman–Crippen LogP) is 11.3. The SMILES string of the molecule is CCCCCCCCc1cc(-c2ccccc2)c(-c2ccncc2)c(-c2ccncc2)c1CCCCCCCC. The summed E-state index contributed by atoms with van der Waals surface area (Å²) >= 11 is 0. The molecule has 0 spiro atoms. The van der Waals surface area contributed by atoms with Gasteiger partial charge in [-0.3, -0.25) is 9.97 Å². The van der Waals surface area contributed by atoms with Crippen LogP contribution in [0.2, 0.25) is 0 Å². The van der Waals surface area contributed by atoms with Crippen molar-refractivity contribution in [3.05, 3.63) is 96.6 Å². The molecule has 2 nitrogen and oxygen atoms in total. The molecule has 0 bridgehead atoms. The van der Waals surface area contributed by atoms with Gasteiger partial charge >= 0.3 is 0 Å². The number of pyridine rings is 2. The van der Waals surface area contributed by atoms with Gasteiger partial charge in [0.1, 0.15) is 0 Å². The molecule has 0 amide bonds. The van der Waals surface area contributed by atoms with E-state index >= 15 is 0 Å². The van der Waals surface area contributed by atoms with Crippen molar-refractivity contribution >= 4 is 0 Å². The lowest BCUT2D eigenvalue weighted by atomic mass is 9.80. The van der Waals surface area contributed by atoms with Crippen molar-refractivity contribution in [3.63, 3.8) is 0 Å². The van der Waals surface area contributed by atoms with Gasteiger partial charge in [-0.2, -0.15) is 0 Å². The average Bonchev–Trinajstić information content (AvgIpc) is 3.01. The van der Waals surface area contributed by atoms with Crippen molar-refractivity contribution in [1.82, 2.24) is 9.97 Å². The summed E-state index contributed by atoms with van der Waals surface area (Å²) in [6.07, 6.45) is 25.8. The maximum absolute atomic E-state index is 4.39. The summed E-state index contributed by atoms with van der Waals surface area (Å²) < 4.78 is 0. The minimum absolute atomic E-state index is 1.13. The van der Waals surface area contributed by atoms with E-state index in [4.69, 9.17) is 0 Å². The fraction of sp³-hybridized carbons (Fsp3) is 0.421. The first-order chi connectivity index (χ1) is 19.8. The number of hydrogen-bond acceptors (Lipinski definition) is 2. The zero-order chi connectivity index (χ0) is 27.8. The maximum Gasteiger partial charge on any atom is 0.0273 e. The molecule has 0 atom stereocenters. The Morgan fingerprint density at radius 2 is 0.975 bits per heavy atom. The number of hydrogen-bond donors (Lipinski definition) is 0. The van der Waals surface area contributed by atoms with E-state index in [1.807, 2.05) is 24.8 Å². The third-order valence-corrected chi connectivity index (χ3v) is 8.13. The van der Waals surface area contributed by atoms with Crippen molar-refractivity contribution in [3.8, 4) is 33.4 Å². The second-order valence-corrected chi connectivity index (χ2v) is 11.2. The standard InChI is InChI=1S/C38H48N2/c1-3-5-7-9-11-14-20-34-30-36(31-18-15-13-16-19-31)38(33-24-28-40-29-25-33)37(32-22-26-39-27-23-32)35(34)21-17-12-10-8-6-4-2/h13,15-16,18-19,22-30H,3-12,14,17,20-21H2,1-2H3. The highest BCUT2D eigenvalue weighted by molar-refractivity contribution is 5.96. The molecule has 0 fully saturated rings. The van der Waals surface area contributed by atoms with Crippen molar-refractivity contribution in [2.75, 3.05) is 0 Å². The molecule has 2 aromatic heterocycles. The molecule has 2 aromatic carbocycles. The molecule has 0 unspecified atom stereocenters. The minimum Gasteiger partial charge on any atom is -0.265 e. The van der Waals surface area contributed by atoms with Crippen LogP contribution in [0.5, 0.6) is 0 Å². The van der Waals surface area contributed by atoms with E-state index in [1.165, 1.54) is 116 Å². The fourth-order valence-corrected chi connectivity index (χ4v) is 5.97. The van der Waals surface area contributed by atoms with E-state index < -0.39 is 0 Å². The van der Waals surface area contributed by atoms with Gasteiger partial charge in [-0.15, -0.1) is 0 Å². The van der Waals surface area contributed by atoms with Gasteiger partial charge in [0.2, 0.25) is 0 Å². The molecule has 0 N–H and O–H groups in total. The van der Waals surface area contributed by atoms with Crippen LogP contribution in [0, 0.1) is 0 Å². The molecule has 0 aliphatic heterocycles. The first-order valence-electron chi connectivity index (χ1n) is 15.9. The molecule has 0 radical (unpaired) electrons. The molecule has 4 aromatic rings. The molecule has 2 heterocycles. The smallest absolute Gasteiger partial charge is 0.0273 e. The molecule has 0 saturated heterocycles. The Morgan fingerprint density at radius 1 is 0.475 bits per heavy atom. The van der Waals surface area contributed by atoms with Gasteiger partial charge in [0.05, 0.1) is 0 Å². The van der Waals surface area contributed by atoms with E-state index in [2.05, 4.69) is 84.5 Å². The first kappa shape index (κ1) is 29.7. The minimum atomic E-state index is 1.13. The van der Waals surface area contributed by atoms with Gasteiger partial charge in [-0.25, -0.2) is 0 Å². The highest BCUT2D eigenvalue weighted by Gasteiger charge is 2.21. The molecule has 210 valence electrons. The van der Waals surface area contributed by atoms with Crippen LogP contribution in [0.4, 0.5) is 0 Å². The van der Waals surface area contributed by atoms with Crippen LogP contribution in [0.15, 0.2) is 85.5 Å². The third kappa shape index (κ3) is 8.37. The summed E-state index contributed by atoms with van der Waals surface area (Å²) in [5.41, 5.74) is 10.9. The zero-order valence-corrected chi connectivity index (χ0v) is 24.9. The van der Waals surface area contributed by atoms with E-state index in [0.29, 0.717) is 0 Å². The molecular formula is C38H48N2. The van der Waals surface area contributed by atoms with Crippen LogP contribution in [0.3, 0.4) is 0 Å². The molecule has 2 heteroatoms. The van der Waals surface area contributed by atoms with Crippen molar-refractivity contribution < 1.29 is 0 Å². The van der Waals surface area contributed by atoms with E-state index in [0.717, 1.165) is 12.8 Å². The highest BCUT2D eigenvalue weighted by Crippen LogP contribution is 2.44. The summed E-state index contributed by atoms with van der Waals surface area (Å²) in [5.74, 6) is 0. The maximum atomic E-state index is 4.39. The highest BCUT2D eigenvalue weighted by atomic mass is 14.6. The van der Waals surface area contributed by atoms with Crippen molar-refractivity contribution in [2.45, 2.75) is 104 Å². The van der Waals surface area contributed by atoms with Crippen LogP contribution in [0.25, 0.3) is 33.4 Å². The summed E-state index contributed by atoms with van der Waals surface area (Å²) in [6.45, 7) is 4.59. The molecule has 0 saturated carbocycles. The van der Waals surface area contributed by atoms with E-state index in [1.54, 1.807) is 5.56 Å². The number of unbranched alkanes of at least 4 members (excludes halogenated alkanes) is 10. The second kappa shape index (κ2) is 16.8. The number of aryl methyl sites for hydroxylation is 1. The van der Waals surface area contributed by atoms with Gasteiger partial charge in [-0.05, 0) is 94.5 Å². The van der Waals surface area contributed by atoms with E-state index in [-0.39, 0.29) is 0 Å². The van der Waals surface area contributed by atoms with Gasteiger partial charge in [-0.1, -0.05) is 114 Å². The fourth-order valence-electron chi connectivity index (χ4n) is 5.97. The Kier molecular flexibility index (Phi) is 12.4. The molecule has 4 rings (SSSR count). The van der Waals surface area contributed by atoms with Crippen LogP contribution < -0.4 is 0 Å². The zero-order valence-electron chi connectivity index (χ0n) is 24.9. The molecule has 40 heavy (non-hydrogen) atoms. The average molecular weight is 533 g/mol. The van der Waals surface area contributed by atoms with Gasteiger partial charge in [0.25, 0.3) is 0 Å². The predicted molar refractivity (Wildman–Crippen MR) is 172 cm³/mol. The number of aromatic nitrogens is 2. The molecule has 0 aliphatic rings. The molecular weight excluding hydrogens is 484 g/mol. The second-order valence-electron chi connectivity index (χ2n) is 11.2. The Morgan fingerprint density at radius 3 is 1.55 bits per heavy atom. The topological polar surface area (TPSA) is 25.8 Å². The number of nitrogens with zero attached hydrogens (tertiary/aromatic N) is 2. The summed E-state index contributed by atoms with van der Waals surface area (Å²) in [5, 5.41) is 0. The lowest BCUT2D eigenvalue weighted by Crippen LogP contribution is -2.04. The number of benzene rings is 2. The molecule has 0 aliphatic carbocycles. The quantitative estimate of drug-likeness (QED) is 0.126. The van der Waals surface area contributed by atoms with E-state index in [9.17, 15) is 0 Å². The monoisotopic (exact) mass is 532 g/mol. The van der Waals surface area contributed by atoms with Crippen LogP contribution in [-0.4, -0.2) is 9.97 Å². The first-order valence-corrected chi connectivity index (χ1v) is 15.9. The largest absolute Gasteiger partial charge is 0.265 e. The third-order valence-electron chi connectivity index (χ3n) is 8.13. The lowest BCUT2D eigenvalue weighted by Gasteiger charge is -2.24. The lowest BCUT2D eigenvalue weighted by molar-refractivity contribution is 0.599.